The minimum atomic E-state index is -2.96. The average Bonchev–Trinajstić information content (AvgIpc) is 2.39. The highest BCUT2D eigenvalue weighted by Gasteiger charge is 2.23. The molecule has 0 aromatic carbocycles. The molecule has 0 aliphatic carbocycles. The summed E-state index contributed by atoms with van der Waals surface area (Å²) in [7, 11) is 0. The molecule has 5 nitrogen and oxygen atoms in total. The number of anilines is 1. The molecule has 2 aromatic rings. The first-order valence-electron chi connectivity index (χ1n) is 5.91. The molecule has 0 unspecified atom stereocenters. The van der Waals surface area contributed by atoms with Crippen molar-refractivity contribution in [3.8, 4) is 0 Å². The Bertz CT molecular complexity index is 792. The first-order chi connectivity index (χ1) is 9.73. The number of alkyl halides is 2. The van der Waals surface area contributed by atoms with Gasteiger partial charge in [0, 0.05) is 32.2 Å². The second-order valence-corrected chi connectivity index (χ2v) is 4.89. The Balaban J connectivity index is 2.62. The third kappa shape index (κ3) is 2.97. The van der Waals surface area contributed by atoms with Crippen molar-refractivity contribution in [2.24, 2.45) is 0 Å². The van der Waals surface area contributed by atoms with Gasteiger partial charge in [0.15, 0.2) is 11.5 Å². The number of fused-ring (bicyclic) bond motifs is 1. The summed E-state index contributed by atoms with van der Waals surface area (Å²) in [6.45, 7) is 10.1. The number of rotatable bonds is 3. The van der Waals surface area contributed by atoms with Gasteiger partial charge >= 0.3 is 0 Å². The van der Waals surface area contributed by atoms with Crippen LogP contribution in [0.15, 0.2) is 23.1 Å². The van der Waals surface area contributed by atoms with E-state index in [4.69, 9.17) is 6.57 Å². The Hall–Kier alpha value is -2.56. The molecule has 0 amide bonds. The van der Waals surface area contributed by atoms with Gasteiger partial charge in [-0.1, -0.05) is 0 Å². The van der Waals surface area contributed by atoms with E-state index in [1.807, 2.05) is 0 Å². The smallest absolute Gasteiger partial charge is 0.299 e. The topological polar surface area (TPSA) is 50.8 Å². The van der Waals surface area contributed by atoms with E-state index in [0.29, 0.717) is 6.07 Å². The van der Waals surface area contributed by atoms with Crippen molar-refractivity contribution < 1.29 is 13.2 Å². The summed E-state index contributed by atoms with van der Waals surface area (Å²) in [6, 6.07) is 1.66. The monoisotopic (exact) mass is 296 g/mol. The number of nitrogens with one attached hydrogen (secondary N) is 1. The molecule has 0 spiro atoms. The summed E-state index contributed by atoms with van der Waals surface area (Å²) in [5, 5.41) is 2.74. The predicted molar refractivity (Wildman–Crippen MR) is 70.7 cm³/mol. The zero-order valence-corrected chi connectivity index (χ0v) is 11.2. The summed E-state index contributed by atoms with van der Waals surface area (Å²) in [6.07, 6.45) is -1.74. The van der Waals surface area contributed by atoms with Crippen molar-refractivity contribution in [1.29, 1.82) is 0 Å². The van der Waals surface area contributed by atoms with Crippen LogP contribution in [0.3, 0.4) is 0 Å². The molecule has 0 bridgehead atoms. The minimum Gasteiger partial charge on any atom is -0.313 e. The minimum absolute atomic E-state index is 0.176. The van der Waals surface area contributed by atoms with Crippen LogP contribution in [0.4, 0.5) is 18.9 Å². The first kappa shape index (κ1) is 14.8. The molecule has 21 heavy (non-hydrogen) atoms. The lowest BCUT2D eigenvalue weighted by molar-refractivity contribution is 0.146. The van der Waals surface area contributed by atoms with E-state index in [9.17, 15) is 18.0 Å². The van der Waals surface area contributed by atoms with Gasteiger partial charge in [-0.05, 0) is 0 Å². The number of nitrogens with zero attached hydrogens (tertiary/aromatic N) is 3. The number of aromatic nitrogens is 2. The van der Waals surface area contributed by atoms with Crippen LogP contribution in [-0.4, -0.2) is 15.0 Å². The van der Waals surface area contributed by atoms with Crippen molar-refractivity contribution in [3.05, 3.63) is 51.6 Å². The predicted octanol–water partition coefficient (Wildman–Crippen LogP) is 2.84. The van der Waals surface area contributed by atoms with Crippen LogP contribution in [-0.2, 0) is 0 Å². The van der Waals surface area contributed by atoms with Gasteiger partial charge in [-0.2, -0.15) is 0 Å². The molecule has 2 aromatic heterocycles. The molecule has 0 aliphatic heterocycles. The standard InChI is InChI=1S/C13H11F3N4O/c1-13(2,17-3)19-7-4-8(14)12-18-9(11(15)16)5-10(21)20(12)6-7/h4-6,11,19H,1-2H3. The largest absolute Gasteiger partial charge is 0.313 e. The van der Waals surface area contributed by atoms with Crippen LogP contribution in [0.5, 0.6) is 0 Å². The number of pyridine rings is 1. The molecular formula is C13H11F3N4O. The third-order valence-corrected chi connectivity index (χ3v) is 2.69. The maximum Gasteiger partial charge on any atom is 0.299 e. The fourth-order valence-electron chi connectivity index (χ4n) is 1.74. The van der Waals surface area contributed by atoms with Crippen molar-refractivity contribution in [1.82, 2.24) is 9.38 Å². The lowest BCUT2D eigenvalue weighted by atomic mass is 10.2. The molecule has 2 rings (SSSR count). The number of hydrogen-bond donors (Lipinski definition) is 1. The van der Waals surface area contributed by atoms with Gasteiger partial charge < -0.3 is 5.32 Å². The van der Waals surface area contributed by atoms with E-state index < -0.39 is 34.8 Å². The summed E-state index contributed by atoms with van der Waals surface area (Å²) in [4.78, 5) is 18.5. The van der Waals surface area contributed by atoms with Crippen LogP contribution in [0, 0.1) is 12.4 Å². The van der Waals surface area contributed by atoms with Gasteiger partial charge in [-0.3, -0.25) is 14.0 Å². The highest BCUT2D eigenvalue weighted by atomic mass is 19.3. The average molecular weight is 296 g/mol. The van der Waals surface area contributed by atoms with E-state index in [1.54, 1.807) is 13.8 Å². The van der Waals surface area contributed by atoms with Crippen molar-refractivity contribution >= 4 is 11.3 Å². The first-order valence-corrected chi connectivity index (χ1v) is 5.91. The molecule has 0 radical (unpaired) electrons. The zero-order valence-electron chi connectivity index (χ0n) is 11.2. The molecule has 2 heterocycles. The third-order valence-electron chi connectivity index (χ3n) is 2.69. The molecule has 0 saturated carbocycles. The molecule has 0 atom stereocenters. The Morgan fingerprint density at radius 2 is 2.10 bits per heavy atom. The van der Waals surface area contributed by atoms with Crippen LogP contribution in [0.25, 0.3) is 10.5 Å². The summed E-state index contributed by atoms with van der Waals surface area (Å²) in [5.74, 6) is -0.930. The van der Waals surface area contributed by atoms with E-state index >= 15 is 0 Å². The highest BCUT2D eigenvalue weighted by Crippen LogP contribution is 2.20. The maximum atomic E-state index is 14.0. The van der Waals surface area contributed by atoms with E-state index in [0.717, 1.165) is 10.5 Å². The van der Waals surface area contributed by atoms with Gasteiger partial charge in [0.05, 0.1) is 5.69 Å². The van der Waals surface area contributed by atoms with Gasteiger partial charge in [0.2, 0.25) is 0 Å². The Kier molecular flexibility index (Phi) is 3.60. The number of hydrogen-bond acceptors (Lipinski definition) is 3. The summed E-state index contributed by atoms with van der Waals surface area (Å²) in [5.41, 5.74) is -2.90. The Morgan fingerprint density at radius 1 is 1.43 bits per heavy atom. The summed E-state index contributed by atoms with van der Waals surface area (Å²) >= 11 is 0. The normalized spacial score (nSPS) is 11.7. The Labute approximate surface area is 117 Å². The molecular weight excluding hydrogens is 285 g/mol. The van der Waals surface area contributed by atoms with Crippen molar-refractivity contribution in [2.45, 2.75) is 25.9 Å². The fraction of sp³-hybridized carbons (Fsp3) is 0.308. The molecule has 8 heteroatoms. The fourth-order valence-corrected chi connectivity index (χ4v) is 1.74. The van der Waals surface area contributed by atoms with E-state index in [2.05, 4.69) is 15.1 Å². The second kappa shape index (κ2) is 5.09. The highest BCUT2D eigenvalue weighted by molar-refractivity contribution is 5.53. The molecule has 0 aliphatic rings. The molecule has 0 fully saturated rings. The van der Waals surface area contributed by atoms with Gasteiger partial charge in [0.1, 0.15) is 5.69 Å². The van der Waals surface area contributed by atoms with E-state index in [1.165, 1.54) is 6.20 Å². The second-order valence-electron chi connectivity index (χ2n) is 4.89. The van der Waals surface area contributed by atoms with Gasteiger partial charge in [-0.25, -0.2) is 24.7 Å². The Morgan fingerprint density at radius 3 is 2.67 bits per heavy atom. The van der Waals surface area contributed by atoms with Crippen LogP contribution in [0.1, 0.15) is 26.0 Å². The van der Waals surface area contributed by atoms with Crippen molar-refractivity contribution in [3.63, 3.8) is 0 Å². The number of halogens is 3. The van der Waals surface area contributed by atoms with E-state index in [-0.39, 0.29) is 5.69 Å². The molecule has 0 saturated heterocycles. The lowest BCUT2D eigenvalue weighted by Gasteiger charge is -2.15. The quantitative estimate of drug-likeness (QED) is 0.886. The maximum absolute atomic E-state index is 14.0. The van der Waals surface area contributed by atoms with Crippen molar-refractivity contribution in [2.75, 3.05) is 5.32 Å². The van der Waals surface area contributed by atoms with Gasteiger partial charge in [-0.15, -0.1) is 0 Å². The van der Waals surface area contributed by atoms with Crippen LogP contribution >= 0.6 is 0 Å². The zero-order chi connectivity index (χ0) is 15.8. The lowest BCUT2D eigenvalue weighted by Crippen LogP contribution is -2.27. The molecule has 1 N–H and O–H groups in total. The van der Waals surface area contributed by atoms with Crippen LogP contribution in [0.2, 0.25) is 0 Å². The summed E-state index contributed by atoms with van der Waals surface area (Å²) < 4.78 is 39.9. The SMILES string of the molecule is [C-]#[N+]C(C)(C)Nc1cc(F)c2nc(C(F)F)cc(=O)n2c1. The van der Waals surface area contributed by atoms with Gasteiger partial charge in [0.25, 0.3) is 17.6 Å². The van der Waals surface area contributed by atoms with Crippen LogP contribution < -0.4 is 10.9 Å². The molecule has 110 valence electrons.